The lowest BCUT2D eigenvalue weighted by atomic mass is 10.2. The van der Waals surface area contributed by atoms with Crippen LogP contribution < -0.4 is 10.9 Å². The number of H-pyrrole nitrogens is 2. The SMILES string of the molecule is O=c1c(SSc2c[nH]c3ccccc3c2=O)c[nH]c2ccccc12. The molecule has 0 spiro atoms. The zero-order chi connectivity index (χ0) is 16.5. The van der Waals surface area contributed by atoms with Gasteiger partial charge in [0.2, 0.25) is 10.9 Å². The molecule has 4 nitrogen and oxygen atoms in total. The van der Waals surface area contributed by atoms with Crippen molar-refractivity contribution in [3.05, 3.63) is 81.4 Å². The summed E-state index contributed by atoms with van der Waals surface area (Å²) in [5, 5.41) is 1.30. The quantitative estimate of drug-likeness (QED) is 0.543. The molecular weight excluding hydrogens is 340 g/mol. The standard InChI is InChI=1S/C18H12N2O2S2/c21-17-11-5-1-3-7-13(11)19-9-15(17)23-24-16-10-20-14-8-4-2-6-12(14)18(16)22/h1-10H,(H,19,21)(H,20,22). The van der Waals surface area contributed by atoms with E-state index < -0.39 is 0 Å². The molecule has 0 saturated heterocycles. The van der Waals surface area contributed by atoms with Gasteiger partial charge in [-0.3, -0.25) is 9.59 Å². The number of aromatic amines is 2. The second-order valence-electron chi connectivity index (χ2n) is 5.22. The van der Waals surface area contributed by atoms with E-state index in [4.69, 9.17) is 0 Å². The van der Waals surface area contributed by atoms with Gasteiger partial charge in [0.15, 0.2) is 0 Å². The third kappa shape index (κ3) is 2.64. The largest absolute Gasteiger partial charge is 0.360 e. The van der Waals surface area contributed by atoms with Crippen LogP contribution in [0.15, 0.2) is 80.3 Å². The van der Waals surface area contributed by atoms with Crippen molar-refractivity contribution in [2.75, 3.05) is 0 Å². The van der Waals surface area contributed by atoms with E-state index in [1.807, 2.05) is 36.4 Å². The molecule has 24 heavy (non-hydrogen) atoms. The summed E-state index contributed by atoms with van der Waals surface area (Å²) >= 11 is 0. The van der Waals surface area contributed by atoms with Crippen molar-refractivity contribution in [1.82, 2.24) is 9.97 Å². The fourth-order valence-corrected chi connectivity index (χ4v) is 4.56. The average molecular weight is 352 g/mol. The number of rotatable bonds is 3. The molecule has 118 valence electrons. The van der Waals surface area contributed by atoms with Gasteiger partial charge in [0, 0.05) is 34.2 Å². The van der Waals surface area contributed by atoms with Crippen LogP contribution in [-0.4, -0.2) is 9.97 Å². The maximum atomic E-state index is 12.5. The summed E-state index contributed by atoms with van der Waals surface area (Å²) in [5.74, 6) is 0. The van der Waals surface area contributed by atoms with Gasteiger partial charge in [-0.25, -0.2) is 0 Å². The van der Waals surface area contributed by atoms with Crippen molar-refractivity contribution in [3.63, 3.8) is 0 Å². The second kappa shape index (κ2) is 6.22. The number of hydrogen-bond acceptors (Lipinski definition) is 4. The Kier molecular flexibility index (Phi) is 3.92. The van der Waals surface area contributed by atoms with E-state index in [-0.39, 0.29) is 10.9 Å². The number of fused-ring (bicyclic) bond motifs is 2. The Bertz CT molecular complexity index is 1070. The fourth-order valence-electron chi connectivity index (χ4n) is 2.51. The Morgan fingerprint density at radius 3 is 1.50 bits per heavy atom. The van der Waals surface area contributed by atoms with E-state index in [0.29, 0.717) is 20.6 Å². The highest BCUT2D eigenvalue weighted by molar-refractivity contribution is 8.76. The van der Waals surface area contributed by atoms with Gasteiger partial charge < -0.3 is 9.97 Å². The molecule has 2 aromatic carbocycles. The molecule has 0 radical (unpaired) electrons. The van der Waals surface area contributed by atoms with Crippen molar-refractivity contribution in [1.29, 1.82) is 0 Å². The molecule has 2 N–H and O–H groups in total. The van der Waals surface area contributed by atoms with E-state index >= 15 is 0 Å². The molecule has 0 amide bonds. The number of hydrogen-bond donors (Lipinski definition) is 2. The highest BCUT2D eigenvalue weighted by atomic mass is 33.1. The van der Waals surface area contributed by atoms with Crippen molar-refractivity contribution < 1.29 is 0 Å². The van der Waals surface area contributed by atoms with Gasteiger partial charge in [0.1, 0.15) is 0 Å². The molecular formula is C18H12N2O2S2. The number of aromatic nitrogens is 2. The summed E-state index contributed by atoms with van der Waals surface area (Å²) in [4.78, 5) is 32.4. The van der Waals surface area contributed by atoms with E-state index in [0.717, 1.165) is 11.0 Å². The van der Waals surface area contributed by atoms with Crippen molar-refractivity contribution in [2.24, 2.45) is 0 Å². The zero-order valence-electron chi connectivity index (χ0n) is 12.4. The van der Waals surface area contributed by atoms with Crippen LogP contribution >= 0.6 is 21.6 Å². The summed E-state index contributed by atoms with van der Waals surface area (Å²) in [5.41, 5.74) is 1.55. The minimum Gasteiger partial charge on any atom is -0.360 e. The Morgan fingerprint density at radius 1 is 0.625 bits per heavy atom. The molecule has 2 aromatic heterocycles. The third-order valence-electron chi connectivity index (χ3n) is 3.73. The van der Waals surface area contributed by atoms with Gasteiger partial charge in [-0.15, -0.1) is 0 Å². The van der Waals surface area contributed by atoms with E-state index in [1.54, 1.807) is 24.5 Å². The molecule has 0 fully saturated rings. The minimum atomic E-state index is -0.0286. The monoisotopic (exact) mass is 352 g/mol. The van der Waals surface area contributed by atoms with Crippen LogP contribution in [0.1, 0.15) is 0 Å². The van der Waals surface area contributed by atoms with Crippen molar-refractivity contribution in [2.45, 2.75) is 9.79 Å². The summed E-state index contributed by atoms with van der Waals surface area (Å²) in [7, 11) is 2.58. The molecule has 0 bridgehead atoms. The molecule has 0 aliphatic heterocycles. The van der Waals surface area contributed by atoms with E-state index in [2.05, 4.69) is 9.97 Å². The maximum Gasteiger partial charge on any atom is 0.203 e. The third-order valence-corrected chi connectivity index (χ3v) is 6.11. The van der Waals surface area contributed by atoms with E-state index in [9.17, 15) is 9.59 Å². The van der Waals surface area contributed by atoms with Crippen LogP contribution in [-0.2, 0) is 0 Å². The number of nitrogens with one attached hydrogen (secondary N) is 2. The van der Waals surface area contributed by atoms with Crippen LogP contribution in [0, 0.1) is 0 Å². The molecule has 0 aliphatic rings. The van der Waals surface area contributed by atoms with Gasteiger partial charge in [-0.2, -0.15) is 0 Å². The first-order valence-electron chi connectivity index (χ1n) is 7.29. The molecule has 0 saturated carbocycles. The van der Waals surface area contributed by atoms with Crippen LogP contribution in [0.2, 0.25) is 0 Å². The fraction of sp³-hybridized carbons (Fsp3) is 0. The molecule has 6 heteroatoms. The van der Waals surface area contributed by atoms with Gasteiger partial charge in [0.05, 0.1) is 9.79 Å². The summed E-state index contributed by atoms with van der Waals surface area (Å²) < 4.78 is 0. The first kappa shape index (κ1) is 15.1. The zero-order valence-corrected chi connectivity index (χ0v) is 14.0. The van der Waals surface area contributed by atoms with Gasteiger partial charge >= 0.3 is 0 Å². The Hall–Kier alpha value is -2.44. The van der Waals surface area contributed by atoms with Gasteiger partial charge in [-0.1, -0.05) is 24.3 Å². The second-order valence-corrected chi connectivity index (χ2v) is 7.43. The number of para-hydroxylation sites is 2. The highest BCUT2D eigenvalue weighted by Gasteiger charge is 2.09. The Balaban J connectivity index is 1.68. The van der Waals surface area contributed by atoms with Crippen LogP contribution in [0.4, 0.5) is 0 Å². The van der Waals surface area contributed by atoms with Crippen LogP contribution in [0.25, 0.3) is 21.8 Å². The molecule has 0 aliphatic carbocycles. The smallest absolute Gasteiger partial charge is 0.203 e. The molecule has 4 rings (SSSR count). The first-order valence-corrected chi connectivity index (χ1v) is 9.44. The molecule has 2 heterocycles. The number of benzene rings is 2. The normalized spacial score (nSPS) is 11.2. The molecule has 4 aromatic rings. The average Bonchev–Trinajstić information content (AvgIpc) is 2.63. The van der Waals surface area contributed by atoms with Crippen molar-refractivity contribution in [3.8, 4) is 0 Å². The summed E-state index contributed by atoms with van der Waals surface area (Å²) in [6.07, 6.45) is 3.38. The minimum absolute atomic E-state index is 0.0286. The van der Waals surface area contributed by atoms with Crippen LogP contribution in [0.3, 0.4) is 0 Å². The lowest BCUT2D eigenvalue weighted by molar-refractivity contribution is 1.26. The molecule has 0 atom stereocenters. The highest BCUT2D eigenvalue weighted by Crippen LogP contribution is 2.34. The van der Waals surface area contributed by atoms with Crippen molar-refractivity contribution >= 4 is 43.4 Å². The maximum absolute atomic E-state index is 12.5. The first-order chi connectivity index (χ1) is 11.7. The Labute approximate surface area is 144 Å². The Morgan fingerprint density at radius 2 is 1.04 bits per heavy atom. The summed E-state index contributed by atoms with van der Waals surface area (Å²) in [6.45, 7) is 0. The van der Waals surface area contributed by atoms with Crippen LogP contribution in [0.5, 0.6) is 0 Å². The van der Waals surface area contributed by atoms with E-state index in [1.165, 1.54) is 21.6 Å². The lowest BCUT2D eigenvalue weighted by Gasteiger charge is -2.04. The summed E-state index contributed by atoms with van der Waals surface area (Å²) in [6, 6.07) is 14.8. The number of pyridine rings is 2. The predicted octanol–water partition coefficient (Wildman–Crippen LogP) is 4.17. The van der Waals surface area contributed by atoms with Gasteiger partial charge in [-0.05, 0) is 45.9 Å². The van der Waals surface area contributed by atoms with Gasteiger partial charge in [0.25, 0.3) is 0 Å². The topological polar surface area (TPSA) is 65.7 Å². The molecule has 0 unspecified atom stereocenters. The lowest BCUT2D eigenvalue weighted by Crippen LogP contribution is -2.06. The predicted molar refractivity (Wildman–Crippen MR) is 101 cm³/mol.